The number of carbonyl (C=O) groups is 2. The van der Waals surface area contributed by atoms with Gasteiger partial charge in [-0.15, -0.1) is 11.6 Å². The molecule has 2 N–H and O–H groups in total. The van der Waals surface area contributed by atoms with Gasteiger partial charge in [-0.3, -0.25) is 10.1 Å². The van der Waals surface area contributed by atoms with Gasteiger partial charge >= 0.3 is 6.03 Å². The SMILES string of the molecule is O=C(CCl)NC(=O)NC1CCCC1. The van der Waals surface area contributed by atoms with Gasteiger partial charge in [0.2, 0.25) is 5.91 Å². The van der Waals surface area contributed by atoms with E-state index in [2.05, 4.69) is 10.6 Å². The Morgan fingerprint density at radius 2 is 1.92 bits per heavy atom. The summed E-state index contributed by atoms with van der Waals surface area (Å²) in [5.74, 6) is -0.643. The van der Waals surface area contributed by atoms with Gasteiger partial charge < -0.3 is 5.32 Å². The molecule has 1 aliphatic rings. The van der Waals surface area contributed by atoms with Gasteiger partial charge in [-0.25, -0.2) is 4.79 Å². The molecular weight excluding hydrogens is 192 g/mol. The van der Waals surface area contributed by atoms with E-state index in [1.54, 1.807) is 0 Å². The van der Waals surface area contributed by atoms with Crippen molar-refractivity contribution in [3.05, 3.63) is 0 Å². The number of alkyl halides is 1. The minimum absolute atomic E-state index is 0.182. The van der Waals surface area contributed by atoms with Crippen molar-refractivity contribution in [2.75, 3.05) is 5.88 Å². The van der Waals surface area contributed by atoms with Crippen molar-refractivity contribution in [1.29, 1.82) is 0 Å². The summed E-state index contributed by atoms with van der Waals surface area (Å²) in [6.45, 7) is 0. The lowest BCUT2D eigenvalue weighted by Crippen LogP contribution is -2.44. The smallest absolute Gasteiger partial charge is 0.321 e. The third-order valence-corrected chi connectivity index (χ3v) is 2.31. The maximum atomic E-state index is 11.1. The third-order valence-electron chi connectivity index (χ3n) is 2.06. The van der Waals surface area contributed by atoms with Crippen LogP contribution in [0, 0.1) is 0 Å². The van der Waals surface area contributed by atoms with Crippen molar-refractivity contribution in [2.45, 2.75) is 31.7 Å². The van der Waals surface area contributed by atoms with Crippen LogP contribution in [0.25, 0.3) is 0 Å². The quantitative estimate of drug-likeness (QED) is 0.660. The van der Waals surface area contributed by atoms with Crippen LogP contribution in [-0.4, -0.2) is 23.9 Å². The van der Waals surface area contributed by atoms with Crippen LogP contribution in [0.1, 0.15) is 25.7 Å². The number of amides is 3. The Morgan fingerprint density at radius 3 is 2.46 bits per heavy atom. The van der Waals surface area contributed by atoms with E-state index < -0.39 is 11.9 Å². The average molecular weight is 205 g/mol. The van der Waals surface area contributed by atoms with Gasteiger partial charge in [-0.2, -0.15) is 0 Å². The highest BCUT2D eigenvalue weighted by atomic mass is 35.5. The van der Waals surface area contributed by atoms with E-state index in [4.69, 9.17) is 11.6 Å². The normalized spacial score (nSPS) is 17.0. The zero-order valence-corrected chi connectivity index (χ0v) is 8.06. The molecule has 0 heterocycles. The molecule has 1 fully saturated rings. The van der Waals surface area contributed by atoms with Crippen LogP contribution >= 0.6 is 11.6 Å². The largest absolute Gasteiger partial charge is 0.335 e. The molecule has 1 aliphatic carbocycles. The van der Waals surface area contributed by atoms with Gasteiger partial charge in [0.25, 0.3) is 0 Å². The lowest BCUT2D eigenvalue weighted by Gasteiger charge is -2.11. The second kappa shape index (κ2) is 5.07. The van der Waals surface area contributed by atoms with Crippen molar-refractivity contribution >= 4 is 23.5 Å². The Kier molecular flexibility index (Phi) is 4.02. The first-order valence-electron chi connectivity index (χ1n) is 4.38. The molecule has 0 atom stereocenters. The second-order valence-corrected chi connectivity index (χ2v) is 3.40. The zero-order valence-electron chi connectivity index (χ0n) is 7.31. The van der Waals surface area contributed by atoms with E-state index in [1.165, 1.54) is 0 Å². The number of nitrogens with one attached hydrogen (secondary N) is 2. The Morgan fingerprint density at radius 1 is 1.31 bits per heavy atom. The summed E-state index contributed by atoms with van der Waals surface area (Å²) in [6, 6.07) is -0.208. The fraction of sp³-hybridized carbons (Fsp3) is 0.750. The molecule has 0 aliphatic heterocycles. The van der Waals surface area contributed by atoms with Crippen LogP contribution in [0.2, 0.25) is 0 Å². The molecule has 0 radical (unpaired) electrons. The number of imide groups is 1. The molecule has 74 valence electrons. The van der Waals surface area contributed by atoms with Crippen LogP contribution in [-0.2, 0) is 4.79 Å². The highest BCUT2D eigenvalue weighted by Gasteiger charge is 2.17. The molecule has 0 saturated heterocycles. The minimum atomic E-state index is -0.461. The molecular formula is C8H13ClN2O2. The molecule has 0 aromatic carbocycles. The summed E-state index contributed by atoms with van der Waals surface area (Å²) in [6.07, 6.45) is 4.30. The van der Waals surface area contributed by atoms with Crippen LogP contribution in [0.5, 0.6) is 0 Å². The first-order valence-corrected chi connectivity index (χ1v) is 4.92. The predicted octanol–water partition coefficient (Wildman–Crippen LogP) is 0.994. The van der Waals surface area contributed by atoms with E-state index >= 15 is 0 Å². The van der Waals surface area contributed by atoms with Crippen LogP contribution in [0.3, 0.4) is 0 Å². The number of urea groups is 1. The Balaban J connectivity index is 2.20. The summed E-state index contributed by atoms with van der Waals surface area (Å²) in [5, 5.41) is 4.85. The Hall–Kier alpha value is -0.770. The zero-order chi connectivity index (χ0) is 9.68. The van der Waals surface area contributed by atoms with E-state index in [0.717, 1.165) is 25.7 Å². The van der Waals surface area contributed by atoms with Gasteiger partial charge in [-0.05, 0) is 12.8 Å². The lowest BCUT2D eigenvalue weighted by molar-refractivity contribution is -0.117. The van der Waals surface area contributed by atoms with E-state index in [-0.39, 0.29) is 11.9 Å². The molecule has 0 spiro atoms. The first kappa shape index (κ1) is 10.3. The van der Waals surface area contributed by atoms with Crippen LogP contribution < -0.4 is 10.6 Å². The Bertz CT molecular complexity index is 202. The molecule has 0 aromatic rings. The molecule has 0 aromatic heterocycles. The fourth-order valence-corrected chi connectivity index (χ4v) is 1.52. The maximum Gasteiger partial charge on any atom is 0.321 e. The standard InChI is InChI=1S/C8H13ClN2O2/c9-5-7(12)11-8(13)10-6-3-1-2-4-6/h6H,1-5H2,(H2,10,11,12,13). The second-order valence-electron chi connectivity index (χ2n) is 3.14. The molecule has 13 heavy (non-hydrogen) atoms. The van der Waals surface area contributed by atoms with Crippen LogP contribution in [0.4, 0.5) is 4.79 Å². The predicted molar refractivity (Wildman–Crippen MR) is 49.7 cm³/mol. The summed E-state index contributed by atoms with van der Waals surface area (Å²) >= 11 is 5.22. The number of hydrogen-bond donors (Lipinski definition) is 2. The number of carbonyl (C=O) groups excluding carboxylic acids is 2. The molecule has 1 rings (SSSR count). The van der Waals surface area contributed by atoms with Gasteiger partial charge in [0.1, 0.15) is 5.88 Å². The summed E-state index contributed by atoms with van der Waals surface area (Å²) in [4.78, 5) is 21.8. The maximum absolute atomic E-state index is 11.1. The molecule has 1 saturated carbocycles. The van der Waals surface area contributed by atoms with Crippen molar-refractivity contribution in [3.63, 3.8) is 0 Å². The number of halogens is 1. The summed E-state index contributed by atoms with van der Waals surface area (Å²) in [5.41, 5.74) is 0. The van der Waals surface area contributed by atoms with Crippen molar-refractivity contribution in [2.24, 2.45) is 0 Å². The molecule has 0 unspecified atom stereocenters. The number of rotatable bonds is 2. The lowest BCUT2D eigenvalue weighted by atomic mass is 10.2. The molecule has 4 nitrogen and oxygen atoms in total. The first-order chi connectivity index (χ1) is 6.22. The minimum Gasteiger partial charge on any atom is -0.335 e. The third kappa shape index (κ3) is 3.63. The molecule has 0 bridgehead atoms. The van der Waals surface area contributed by atoms with E-state index in [9.17, 15) is 9.59 Å². The van der Waals surface area contributed by atoms with Crippen LogP contribution in [0.15, 0.2) is 0 Å². The van der Waals surface area contributed by atoms with Crippen molar-refractivity contribution in [3.8, 4) is 0 Å². The molecule has 3 amide bonds. The number of hydrogen-bond acceptors (Lipinski definition) is 2. The fourth-order valence-electron chi connectivity index (χ4n) is 1.45. The summed E-state index contributed by atoms with van der Waals surface area (Å²) in [7, 11) is 0. The highest BCUT2D eigenvalue weighted by molar-refractivity contribution is 6.28. The average Bonchev–Trinajstić information content (AvgIpc) is 2.56. The topological polar surface area (TPSA) is 58.2 Å². The highest BCUT2D eigenvalue weighted by Crippen LogP contribution is 2.17. The van der Waals surface area contributed by atoms with Gasteiger partial charge in [-0.1, -0.05) is 12.8 Å². The molecule has 5 heteroatoms. The van der Waals surface area contributed by atoms with Gasteiger partial charge in [0, 0.05) is 6.04 Å². The Labute approximate surface area is 82.0 Å². The monoisotopic (exact) mass is 204 g/mol. The van der Waals surface area contributed by atoms with E-state index in [0.29, 0.717) is 0 Å². The van der Waals surface area contributed by atoms with Crippen molar-refractivity contribution in [1.82, 2.24) is 10.6 Å². The van der Waals surface area contributed by atoms with Crippen molar-refractivity contribution < 1.29 is 9.59 Å². The van der Waals surface area contributed by atoms with E-state index in [1.807, 2.05) is 0 Å². The van der Waals surface area contributed by atoms with Gasteiger partial charge in [0.05, 0.1) is 0 Å². The van der Waals surface area contributed by atoms with Gasteiger partial charge in [0.15, 0.2) is 0 Å². The summed E-state index contributed by atoms with van der Waals surface area (Å²) < 4.78 is 0.